The molecule has 1 aromatic heterocycles. The minimum absolute atomic E-state index is 0.111. The molecule has 2 N–H and O–H groups in total. The van der Waals surface area contributed by atoms with E-state index in [1.807, 2.05) is 25.1 Å². The number of benzene rings is 1. The molecule has 0 atom stereocenters. The Morgan fingerprint density at radius 1 is 1.06 bits per heavy atom. The SMILES string of the molecule is COc1nc(N)nc(-c2cc(C)ccc2OC)n1. The Kier molecular flexibility index (Phi) is 3.27. The lowest BCUT2D eigenvalue weighted by Crippen LogP contribution is -2.03. The monoisotopic (exact) mass is 246 g/mol. The van der Waals surface area contributed by atoms with Crippen LogP contribution < -0.4 is 15.2 Å². The molecule has 6 nitrogen and oxygen atoms in total. The highest BCUT2D eigenvalue weighted by Gasteiger charge is 2.12. The third-order valence-corrected chi connectivity index (χ3v) is 2.41. The van der Waals surface area contributed by atoms with Gasteiger partial charge in [-0.2, -0.15) is 15.0 Å². The molecule has 0 bridgehead atoms. The molecule has 0 amide bonds. The lowest BCUT2D eigenvalue weighted by molar-refractivity contribution is 0.379. The summed E-state index contributed by atoms with van der Waals surface area (Å²) in [6.45, 7) is 1.98. The molecule has 0 aliphatic carbocycles. The molecule has 1 aromatic carbocycles. The van der Waals surface area contributed by atoms with Crippen molar-refractivity contribution >= 4 is 5.95 Å². The minimum Gasteiger partial charge on any atom is -0.496 e. The van der Waals surface area contributed by atoms with E-state index in [9.17, 15) is 0 Å². The van der Waals surface area contributed by atoms with Gasteiger partial charge >= 0.3 is 6.01 Å². The second-order valence-electron chi connectivity index (χ2n) is 3.71. The summed E-state index contributed by atoms with van der Waals surface area (Å²) in [5, 5.41) is 0. The maximum absolute atomic E-state index is 5.62. The van der Waals surface area contributed by atoms with Crippen LogP contribution in [0.4, 0.5) is 5.95 Å². The van der Waals surface area contributed by atoms with Crippen molar-refractivity contribution in [1.82, 2.24) is 15.0 Å². The fraction of sp³-hybridized carbons (Fsp3) is 0.250. The second-order valence-corrected chi connectivity index (χ2v) is 3.71. The summed E-state index contributed by atoms with van der Waals surface area (Å²) >= 11 is 0. The van der Waals surface area contributed by atoms with Crippen molar-refractivity contribution in [2.45, 2.75) is 6.92 Å². The number of ether oxygens (including phenoxy) is 2. The number of hydrogen-bond acceptors (Lipinski definition) is 6. The second kappa shape index (κ2) is 4.87. The van der Waals surface area contributed by atoms with Gasteiger partial charge < -0.3 is 15.2 Å². The summed E-state index contributed by atoms with van der Waals surface area (Å²) in [6.07, 6.45) is 0. The Labute approximate surface area is 105 Å². The largest absolute Gasteiger partial charge is 0.496 e. The molecule has 2 aromatic rings. The normalized spacial score (nSPS) is 10.2. The molecule has 1 heterocycles. The van der Waals surface area contributed by atoms with Gasteiger partial charge in [-0.25, -0.2) is 0 Å². The van der Waals surface area contributed by atoms with Gasteiger partial charge in [-0.05, 0) is 19.1 Å². The van der Waals surface area contributed by atoms with E-state index in [1.54, 1.807) is 7.11 Å². The van der Waals surface area contributed by atoms with Gasteiger partial charge in [0.1, 0.15) is 5.75 Å². The molecule has 0 unspecified atom stereocenters. The lowest BCUT2D eigenvalue weighted by Gasteiger charge is -2.09. The first-order chi connectivity index (χ1) is 8.63. The van der Waals surface area contributed by atoms with Gasteiger partial charge in [-0.15, -0.1) is 0 Å². The van der Waals surface area contributed by atoms with Crippen LogP contribution >= 0.6 is 0 Å². The molecule has 6 heteroatoms. The number of rotatable bonds is 3. The van der Waals surface area contributed by atoms with Crippen molar-refractivity contribution in [3.63, 3.8) is 0 Å². The number of aryl methyl sites for hydroxylation is 1. The van der Waals surface area contributed by atoms with Crippen molar-refractivity contribution in [2.24, 2.45) is 0 Å². The molecular formula is C12H14N4O2. The topological polar surface area (TPSA) is 83.2 Å². The number of nitrogens with two attached hydrogens (primary N) is 1. The number of hydrogen-bond donors (Lipinski definition) is 1. The van der Waals surface area contributed by atoms with Crippen LogP contribution in [0, 0.1) is 6.92 Å². The van der Waals surface area contributed by atoms with Gasteiger partial charge in [0.15, 0.2) is 5.82 Å². The molecule has 0 aliphatic rings. The Hall–Kier alpha value is -2.37. The van der Waals surface area contributed by atoms with E-state index in [1.165, 1.54) is 7.11 Å². The summed E-state index contributed by atoms with van der Waals surface area (Å²) < 4.78 is 10.3. The Morgan fingerprint density at radius 2 is 1.83 bits per heavy atom. The van der Waals surface area contributed by atoms with Gasteiger partial charge in [0, 0.05) is 0 Å². The highest BCUT2D eigenvalue weighted by Crippen LogP contribution is 2.29. The molecule has 0 spiro atoms. The van der Waals surface area contributed by atoms with E-state index in [0.29, 0.717) is 11.6 Å². The Bertz CT molecular complexity index is 572. The Balaban J connectivity index is 2.60. The van der Waals surface area contributed by atoms with Crippen LogP contribution in [0.5, 0.6) is 11.8 Å². The highest BCUT2D eigenvalue weighted by atomic mass is 16.5. The molecule has 2 rings (SSSR count). The highest BCUT2D eigenvalue weighted by molar-refractivity contribution is 5.65. The number of nitrogens with zero attached hydrogens (tertiary/aromatic N) is 3. The van der Waals surface area contributed by atoms with E-state index in [-0.39, 0.29) is 12.0 Å². The van der Waals surface area contributed by atoms with Crippen LogP contribution in [0.15, 0.2) is 18.2 Å². The predicted molar refractivity (Wildman–Crippen MR) is 67.5 cm³/mol. The molecular weight excluding hydrogens is 232 g/mol. The summed E-state index contributed by atoms with van der Waals surface area (Å²) in [7, 11) is 3.07. The van der Waals surface area contributed by atoms with Gasteiger partial charge in [-0.1, -0.05) is 11.6 Å². The maximum Gasteiger partial charge on any atom is 0.321 e. The average molecular weight is 246 g/mol. The summed E-state index contributed by atoms with van der Waals surface area (Å²) in [4.78, 5) is 12.1. The van der Waals surface area contributed by atoms with Crippen molar-refractivity contribution in [3.8, 4) is 23.1 Å². The van der Waals surface area contributed by atoms with Gasteiger partial charge in [0.05, 0.1) is 19.8 Å². The first-order valence-electron chi connectivity index (χ1n) is 5.34. The lowest BCUT2D eigenvalue weighted by atomic mass is 10.1. The van der Waals surface area contributed by atoms with Crippen LogP contribution in [0.3, 0.4) is 0 Å². The first kappa shape index (κ1) is 12.1. The molecule has 0 fully saturated rings. The third-order valence-electron chi connectivity index (χ3n) is 2.41. The minimum atomic E-state index is 0.111. The number of aromatic nitrogens is 3. The fourth-order valence-corrected chi connectivity index (χ4v) is 1.58. The molecule has 0 radical (unpaired) electrons. The van der Waals surface area contributed by atoms with Gasteiger partial charge in [-0.3, -0.25) is 0 Å². The predicted octanol–water partition coefficient (Wildman–Crippen LogP) is 1.45. The zero-order valence-electron chi connectivity index (χ0n) is 10.5. The number of methoxy groups -OCH3 is 2. The van der Waals surface area contributed by atoms with Crippen LogP contribution in [0.2, 0.25) is 0 Å². The van der Waals surface area contributed by atoms with Gasteiger partial charge in [0.25, 0.3) is 0 Å². The van der Waals surface area contributed by atoms with E-state index >= 15 is 0 Å². The molecule has 18 heavy (non-hydrogen) atoms. The molecule has 94 valence electrons. The molecule has 0 aliphatic heterocycles. The van der Waals surface area contributed by atoms with E-state index < -0.39 is 0 Å². The van der Waals surface area contributed by atoms with Crippen LogP contribution in [0.1, 0.15) is 5.56 Å². The van der Waals surface area contributed by atoms with Gasteiger partial charge in [0.2, 0.25) is 5.95 Å². The van der Waals surface area contributed by atoms with Crippen LogP contribution in [0.25, 0.3) is 11.4 Å². The van der Waals surface area contributed by atoms with E-state index in [4.69, 9.17) is 15.2 Å². The fourth-order valence-electron chi connectivity index (χ4n) is 1.58. The summed E-state index contributed by atoms with van der Waals surface area (Å²) in [6, 6.07) is 5.91. The van der Waals surface area contributed by atoms with E-state index in [0.717, 1.165) is 11.1 Å². The van der Waals surface area contributed by atoms with Crippen LogP contribution in [-0.2, 0) is 0 Å². The average Bonchev–Trinajstić information content (AvgIpc) is 2.38. The number of nitrogen functional groups attached to an aromatic ring is 1. The quantitative estimate of drug-likeness (QED) is 0.882. The zero-order chi connectivity index (χ0) is 13.1. The first-order valence-corrected chi connectivity index (χ1v) is 5.34. The molecule has 0 saturated heterocycles. The van der Waals surface area contributed by atoms with E-state index in [2.05, 4.69) is 15.0 Å². The standard InChI is InChI=1S/C12H14N4O2/c1-7-4-5-9(17-2)8(6-7)10-14-11(13)16-12(15-10)18-3/h4-6H,1-3H3,(H2,13,14,15,16). The number of anilines is 1. The van der Waals surface area contributed by atoms with Crippen molar-refractivity contribution in [1.29, 1.82) is 0 Å². The van der Waals surface area contributed by atoms with Crippen molar-refractivity contribution in [2.75, 3.05) is 20.0 Å². The third kappa shape index (κ3) is 2.32. The van der Waals surface area contributed by atoms with Crippen molar-refractivity contribution in [3.05, 3.63) is 23.8 Å². The summed E-state index contributed by atoms with van der Waals surface area (Å²) in [5.41, 5.74) is 7.45. The smallest absolute Gasteiger partial charge is 0.321 e. The Morgan fingerprint density at radius 3 is 2.50 bits per heavy atom. The zero-order valence-corrected chi connectivity index (χ0v) is 10.5. The molecule has 0 saturated carbocycles. The van der Waals surface area contributed by atoms with Crippen LogP contribution in [-0.4, -0.2) is 29.2 Å². The maximum atomic E-state index is 5.62. The summed E-state index contributed by atoms with van der Waals surface area (Å²) in [5.74, 6) is 1.22. The van der Waals surface area contributed by atoms with Crippen molar-refractivity contribution < 1.29 is 9.47 Å².